The fraction of sp³-hybridized carbons (Fsp3) is 0.800. The predicted octanol–water partition coefficient (Wildman–Crippen LogP) is 0.758. The maximum Gasteiger partial charge on any atom is 0.323 e. The molecule has 0 aliphatic rings. The van der Waals surface area contributed by atoms with Gasteiger partial charge in [0.05, 0.1) is 18.3 Å². The van der Waals surface area contributed by atoms with Crippen LogP contribution in [0.5, 0.6) is 0 Å². The highest BCUT2D eigenvalue weighted by Crippen LogP contribution is 2.07. The van der Waals surface area contributed by atoms with Crippen molar-refractivity contribution in [3.63, 3.8) is 0 Å². The first-order valence-corrected chi connectivity index (χ1v) is 4.84. The van der Waals surface area contributed by atoms with Crippen LogP contribution in [0.3, 0.4) is 0 Å². The summed E-state index contributed by atoms with van der Waals surface area (Å²) in [5, 5.41) is 19.9. The highest BCUT2D eigenvalue weighted by Gasteiger charge is 2.20. The summed E-state index contributed by atoms with van der Waals surface area (Å²) in [7, 11) is 0. The van der Waals surface area contributed by atoms with Gasteiger partial charge >= 0.3 is 5.97 Å². The largest absolute Gasteiger partial charge is 0.480 e. The molecule has 0 saturated heterocycles. The molecule has 0 aromatic heterocycles. The molecule has 1 unspecified atom stereocenters. The molecule has 0 spiro atoms. The van der Waals surface area contributed by atoms with E-state index in [-0.39, 0.29) is 12.2 Å². The van der Waals surface area contributed by atoms with Gasteiger partial charge < -0.3 is 15.2 Å². The van der Waals surface area contributed by atoms with Crippen molar-refractivity contribution in [2.24, 2.45) is 0 Å². The minimum absolute atomic E-state index is 0.101. The number of hydrogen-bond acceptors (Lipinski definition) is 4. The van der Waals surface area contributed by atoms with Crippen LogP contribution >= 0.6 is 0 Å². The van der Waals surface area contributed by atoms with Crippen LogP contribution in [0.1, 0.15) is 27.2 Å². The monoisotopic (exact) mass is 214 g/mol. The summed E-state index contributed by atoms with van der Waals surface area (Å²) in [6, 6.07) is 1.19. The number of carboxylic acids is 1. The van der Waals surface area contributed by atoms with Gasteiger partial charge in [-0.25, -0.2) is 0 Å². The van der Waals surface area contributed by atoms with Crippen LogP contribution in [0, 0.1) is 11.3 Å². The Hall–Kier alpha value is -1.12. The van der Waals surface area contributed by atoms with Crippen molar-refractivity contribution in [3.8, 4) is 6.07 Å². The number of nitrogens with one attached hydrogen (secondary N) is 1. The first kappa shape index (κ1) is 13.9. The minimum atomic E-state index is -0.961. The Kier molecular flexibility index (Phi) is 5.90. The Morgan fingerprint density at radius 1 is 1.60 bits per heavy atom. The average Bonchev–Trinajstić information content (AvgIpc) is 2.08. The van der Waals surface area contributed by atoms with E-state index in [1.807, 2.05) is 26.8 Å². The molecule has 0 aliphatic heterocycles. The third-order valence-corrected chi connectivity index (χ3v) is 1.61. The van der Waals surface area contributed by atoms with E-state index in [1.165, 1.54) is 0 Å². The standard InChI is InChI=1S/C10H18N2O3/c1-10(2,3)15-7-8(9(13)14)12-6-4-5-11/h8,12H,4,6-7H2,1-3H3,(H,13,14). The number of carbonyl (C=O) groups is 1. The van der Waals surface area contributed by atoms with Crippen molar-refractivity contribution >= 4 is 5.97 Å². The van der Waals surface area contributed by atoms with Gasteiger partial charge in [-0.15, -0.1) is 0 Å². The van der Waals surface area contributed by atoms with E-state index in [1.54, 1.807) is 0 Å². The van der Waals surface area contributed by atoms with E-state index in [4.69, 9.17) is 15.1 Å². The Labute approximate surface area is 90.0 Å². The fourth-order valence-electron chi connectivity index (χ4n) is 0.853. The summed E-state index contributed by atoms with van der Waals surface area (Å²) < 4.78 is 5.36. The van der Waals surface area contributed by atoms with Gasteiger partial charge in [0, 0.05) is 13.0 Å². The second-order valence-electron chi connectivity index (χ2n) is 4.18. The molecule has 0 aliphatic carbocycles. The summed E-state index contributed by atoms with van der Waals surface area (Å²) in [4.78, 5) is 10.8. The highest BCUT2D eigenvalue weighted by atomic mass is 16.5. The number of rotatable bonds is 6. The Morgan fingerprint density at radius 2 is 2.20 bits per heavy atom. The van der Waals surface area contributed by atoms with Crippen LogP contribution < -0.4 is 5.32 Å². The van der Waals surface area contributed by atoms with Gasteiger partial charge in [0.25, 0.3) is 0 Å². The van der Waals surface area contributed by atoms with E-state index in [0.717, 1.165) is 0 Å². The van der Waals surface area contributed by atoms with Crippen LogP contribution in [0.2, 0.25) is 0 Å². The second-order valence-corrected chi connectivity index (χ2v) is 4.18. The molecule has 5 heteroatoms. The molecular weight excluding hydrogens is 196 g/mol. The molecule has 0 heterocycles. The van der Waals surface area contributed by atoms with Crippen molar-refractivity contribution in [2.75, 3.05) is 13.2 Å². The van der Waals surface area contributed by atoms with E-state index < -0.39 is 12.0 Å². The molecule has 0 fully saturated rings. The first-order chi connectivity index (χ1) is 6.87. The number of ether oxygens (including phenoxy) is 1. The number of nitrogens with zero attached hydrogens (tertiary/aromatic N) is 1. The zero-order chi connectivity index (χ0) is 11.9. The Bertz CT molecular complexity index is 240. The summed E-state index contributed by atoms with van der Waals surface area (Å²) in [5.41, 5.74) is -0.357. The van der Waals surface area contributed by atoms with Crippen LogP contribution in [0.4, 0.5) is 0 Å². The molecule has 0 radical (unpaired) electrons. The lowest BCUT2D eigenvalue weighted by molar-refractivity contribution is -0.142. The summed E-state index contributed by atoms with van der Waals surface area (Å²) in [5.74, 6) is -0.961. The van der Waals surface area contributed by atoms with Gasteiger partial charge in [-0.3, -0.25) is 4.79 Å². The number of carboxylic acid groups (broad SMARTS) is 1. The van der Waals surface area contributed by atoms with Crippen LogP contribution in [0.15, 0.2) is 0 Å². The van der Waals surface area contributed by atoms with Crippen molar-refractivity contribution in [1.82, 2.24) is 5.32 Å². The predicted molar refractivity (Wildman–Crippen MR) is 55.4 cm³/mol. The topological polar surface area (TPSA) is 82.3 Å². The molecule has 0 amide bonds. The zero-order valence-corrected chi connectivity index (χ0v) is 9.41. The third-order valence-electron chi connectivity index (χ3n) is 1.61. The molecule has 1 atom stereocenters. The summed E-state index contributed by atoms with van der Waals surface area (Å²) in [6.45, 7) is 6.05. The van der Waals surface area contributed by atoms with Gasteiger partial charge in [0.2, 0.25) is 0 Å². The van der Waals surface area contributed by atoms with Gasteiger partial charge in [-0.1, -0.05) is 0 Å². The average molecular weight is 214 g/mol. The maximum atomic E-state index is 10.8. The zero-order valence-electron chi connectivity index (χ0n) is 9.41. The lowest BCUT2D eigenvalue weighted by Crippen LogP contribution is -2.42. The molecule has 0 bridgehead atoms. The van der Waals surface area contributed by atoms with Crippen LogP contribution in [-0.2, 0) is 9.53 Å². The van der Waals surface area contributed by atoms with Crippen molar-refractivity contribution < 1.29 is 14.6 Å². The molecule has 5 nitrogen and oxygen atoms in total. The molecule has 2 N–H and O–H groups in total. The normalized spacial score (nSPS) is 13.2. The van der Waals surface area contributed by atoms with Crippen LogP contribution in [0.25, 0.3) is 0 Å². The number of hydrogen-bond donors (Lipinski definition) is 2. The Balaban J connectivity index is 3.96. The lowest BCUT2D eigenvalue weighted by Gasteiger charge is -2.22. The number of aliphatic carboxylic acids is 1. The smallest absolute Gasteiger partial charge is 0.323 e. The molecule has 86 valence electrons. The van der Waals surface area contributed by atoms with Gasteiger partial charge in [0.1, 0.15) is 6.04 Å². The fourth-order valence-corrected chi connectivity index (χ4v) is 0.853. The molecule has 0 saturated carbocycles. The van der Waals surface area contributed by atoms with E-state index in [0.29, 0.717) is 13.0 Å². The Morgan fingerprint density at radius 3 is 2.60 bits per heavy atom. The van der Waals surface area contributed by atoms with Gasteiger partial charge in [-0.2, -0.15) is 5.26 Å². The summed E-state index contributed by atoms with van der Waals surface area (Å²) in [6.07, 6.45) is 0.291. The third kappa shape index (κ3) is 7.91. The van der Waals surface area contributed by atoms with E-state index >= 15 is 0 Å². The molecule has 15 heavy (non-hydrogen) atoms. The summed E-state index contributed by atoms with van der Waals surface area (Å²) >= 11 is 0. The lowest BCUT2D eigenvalue weighted by atomic mass is 10.2. The molecular formula is C10H18N2O3. The van der Waals surface area contributed by atoms with Crippen molar-refractivity contribution in [2.45, 2.75) is 38.8 Å². The highest BCUT2D eigenvalue weighted by molar-refractivity contribution is 5.73. The quantitative estimate of drug-likeness (QED) is 0.638. The van der Waals surface area contributed by atoms with Gasteiger partial charge in [0.15, 0.2) is 0 Å². The van der Waals surface area contributed by atoms with Crippen LogP contribution in [-0.4, -0.2) is 35.9 Å². The molecule has 0 aromatic rings. The van der Waals surface area contributed by atoms with E-state index in [9.17, 15) is 4.79 Å². The number of nitriles is 1. The van der Waals surface area contributed by atoms with Crippen molar-refractivity contribution in [3.05, 3.63) is 0 Å². The minimum Gasteiger partial charge on any atom is -0.480 e. The first-order valence-electron chi connectivity index (χ1n) is 4.84. The molecule has 0 aromatic carbocycles. The maximum absolute atomic E-state index is 10.8. The molecule has 0 rings (SSSR count). The second kappa shape index (κ2) is 6.38. The van der Waals surface area contributed by atoms with E-state index in [2.05, 4.69) is 5.32 Å². The van der Waals surface area contributed by atoms with Crippen molar-refractivity contribution in [1.29, 1.82) is 5.26 Å². The van der Waals surface area contributed by atoms with Gasteiger partial charge in [-0.05, 0) is 20.8 Å². The SMILES string of the molecule is CC(C)(C)OCC(NCCC#N)C(=O)O.